The molecule has 1 fully saturated rings. The molecule has 0 amide bonds. The quantitative estimate of drug-likeness (QED) is 0.853. The van der Waals surface area contributed by atoms with Gasteiger partial charge in [-0.05, 0) is 37.5 Å². The minimum Gasteiger partial charge on any atom is -0.508 e. The average molecular weight is 256 g/mol. The van der Waals surface area contributed by atoms with E-state index in [1.165, 1.54) is 0 Å². The van der Waals surface area contributed by atoms with Crippen molar-refractivity contribution >= 4 is 15.9 Å². The summed E-state index contributed by atoms with van der Waals surface area (Å²) in [4.78, 5) is 0. The van der Waals surface area contributed by atoms with Gasteiger partial charge in [0.2, 0.25) is 0 Å². The van der Waals surface area contributed by atoms with Crippen LogP contribution in [0.2, 0.25) is 0 Å². The average Bonchev–Trinajstić information content (AvgIpc) is 2.92. The highest BCUT2D eigenvalue weighted by Crippen LogP contribution is 2.51. The van der Waals surface area contributed by atoms with E-state index in [1.807, 2.05) is 13.0 Å². The molecule has 1 aromatic rings. The highest BCUT2D eigenvalue weighted by Gasteiger charge is 2.44. The highest BCUT2D eigenvalue weighted by molar-refractivity contribution is 9.10. The maximum Gasteiger partial charge on any atom is 0.119 e. The van der Waals surface area contributed by atoms with E-state index in [1.54, 1.807) is 6.07 Å². The molecule has 1 saturated carbocycles. The molecule has 3 N–H and O–H groups in total. The number of phenolic OH excluding ortho intramolecular Hbond substituents is 1. The molecule has 2 nitrogen and oxygen atoms in total. The Balaban J connectivity index is 2.49. The molecule has 76 valence electrons. The molecule has 3 heteroatoms. The number of aryl methyl sites for hydroxylation is 1. The third-order valence-electron chi connectivity index (χ3n) is 3.09. The second-order valence-electron chi connectivity index (χ2n) is 4.10. The van der Waals surface area contributed by atoms with Crippen molar-refractivity contribution in [2.75, 3.05) is 6.54 Å². The van der Waals surface area contributed by atoms with Gasteiger partial charge in [0, 0.05) is 22.0 Å². The van der Waals surface area contributed by atoms with Gasteiger partial charge in [0.25, 0.3) is 0 Å². The summed E-state index contributed by atoms with van der Waals surface area (Å²) in [6.07, 6.45) is 2.18. The topological polar surface area (TPSA) is 46.2 Å². The van der Waals surface area contributed by atoms with Crippen molar-refractivity contribution in [1.82, 2.24) is 0 Å². The Morgan fingerprint density at radius 1 is 1.50 bits per heavy atom. The first-order chi connectivity index (χ1) is 6.59. The fourth-order valence-electron chi connectivity index (χ4n) is 1.83. The minimum atomic E-state index is 0.0559. The van der Waals surface area contributed by atoms with Crippen LogP contribution in [0.15, 0.2) is 16.6 Å². The van der Waals surface area contributed by atoms with Gasteiger partial charge in [0.1, 0.15) is 5.75 Å². The van der Waals surface area contributed by atoms with Crippen LogP contribution in [0.5, 0.6) is 5.75 Å². The third-order valence-corrected chi connectivity index (χ3v) is 3.95. The lowest BCUT2D eigenvalue weighted by Crippen LogP contribution is -2.19. The molecular formula is C11H14BrNO. The van der Waals surface area contributed by atoms with Crippen LogP contribution in [0.4, 0.5) is 0 Å². The summed E-state index contributed by atoms with van der Waals surface area (Å²) in [7, 11) is 0. The molecule has 0 saturated heterocycles. The summed E-state index contributed by atoms with van der Waals surface area (Å²) < 4.78 is 1.05. The molecule has 14 heavy (non-hydrogen) atoms. The summed E-state index contributed by atoms with van der Waals surface area (Å²) in [5.41, 5.74) is 7.84. The van der Waals surface area contributed by atoms with Gasteiger partial charge < -0.3 is 10.8 Å². The Morgan fingerprint density at radius 3 is 2.64 bits per heavy atom. The Bertz CT molecular complexity index is 372. The van der Waals surface area contributed by atoms with E-state index in [-0.39, 0.29) is 5.41 Å². The zero-order valence-corrected chi connectivity index (χ0v) is 9.76. The molecule has 2 rings (SSSR count). The number of hydrogen-bond donors (Lipinski definition) is 2. The number of phenols is 1. The monoisotopic (exact) mass is 255 g/mol. The lowest BCUT2D eigenvalue weighted by Gasteiger charge is -2.16. The standard InChI is InChI=1S/C11H14BrNO/c1-7-4-10(14)8(5-9(7)12)11(6-13)2-3-11/h4-5,14H,2-3,6,13H2,1H3. The second-order valence-corrected chi connectivity index (χ2v) is 4.96. The van der Waals surface area contributed by atoms with Crippen LogP contribution in [0.25, 0.3) is 0 Å². The van der Waals surface area contributed by atoms with E-state index >= 15 is 0 Å². The summed E-state index contributed by atoms with van der Waals surface area (Å²) in [6.45, 7) is 2.59. The van der Waals surface area contributed by atoms with Gasteiger partial charge in [0.05, 0.1) is 0 Å². The molecule has 0 unspecified atom stereocenters. The predicted molar refractivity (Wildman–Crippen MR) is 60.5 cm³/mol. The minimum absolute atomic E-state index is 0.0559. The van der Waals surface area contributed by atoms with Crippen LogP contribution in [-0.4, -0.2) is 11.7 Å². The zero-order chi connectivity index (χ0) is 10.3. The lowest BCUT2D eigenvalue weighted by molar-refractivity contribution is 0.458. The van der Waals surface area contributed by atoms with E-state index < -0.39 is 0 Å². The van der Waals surface area contributed by atoms with Crippen LogP contribution in [0.1, 0.15) is 24.0 Å². The Morgan fingerprint density at radius 2 is 2.14 bits per heavy atom. The van der Waals surface area contributed by atoms with Crippen LogP contribution >= 0.6 is 15.9 Å². The number of nitrogens with two attached hydrogens (primary N) is 1. The molecule has 1 aromatic carbocycles. The van der Waals surface area contributed by atoms with E-state index in [4.69, 9.17) is 5.73 Å². The third kappa shape index (κ3) is 1.44. The number of benzene rings is 1. The molecular weight excluding hydrogens is 242 g/mol. The van der Waals surface area contributed by atoms with Gasteiger partial charge in [-0.3, -0.25) is 0 Å². The molecule has 0 bridgehead atoms. The van der Waals surface area contributed by atoms with Crippen molar-refractivity contribution in [3.63, 3.8) is 0 Å². The normalized spacial score (nSPS) is 18.2. The van der Waals surface area contributed by atoms with Gasteiger partial charge in [-0.2, -0.15) is 0 Å². The van der Waals surface area contributed by atoms with E-state index in [0.717, 1.165) is 28.4 Å². The number of rotatable bonds is 2. The number of halogens is 1. The van der Waals surface area contributed by atoms with E-state index in [0.29, 0.717) is 12.3 Å². The van der Waals surface area contributed by atoms with Crippen LogP contribution in [-0.2, 0) is 5.41 Å². The second kappa shape index (κ2) is 3.24. The van der Waals surface area contributed by atoms with Crippen molar-refractivity contribution in [3.05, 3.63) is 27.7 Å². The highest BCUT2D eigenvalue weighted by atomic mass is 79.9. The molecule has 0 spiro atoms. The van der Waals surface area contributed by atoms with Gasteiger partial charge in [-0.1, -0.05) is 15.9 Å². The Labute approximate surface area is 92.3 Å². The number of hydrogen-bond acceptors (Lipinski definition) is 2. The first-order valence-corrected chi connectivity index (χ1v) is 5.58. The van der Waals surface area contributed by atoms with Crippen molar-refractivity contribution in [3.8, 4) is 5.75 Å². The van der Waals surface area contributed by atoms with Crippen LogP contribution in [0.3, 0.4) is 0 Å². The maximum atomic E-state index is 9.85. The first kappa shape index (κ1) is 9.99. The van der Waals surface area contributed by atoms with Crippen molar-refractivity contribution < 1.29 is 5.11 Å². The SMILES string of the molecule is Cc1cc(O)c(C2(CN)CC2)cc1Br. The van der Waals surface area contributed by atoms with Crippen molar-refractivity contribution in [1.29, 1.82) is 0 Å². The van der Waals surface area contributed by atoms with E-state index in [9.17, 15) is 5.11 Å². The lowest BCUT2D eigenvalue weighted by atomic mass is 9.94. The maximum absolute atomic E-state index is 9.85. The van der Waals surface area contributed by atoms with Crippen molar-refractivity contribution in [2.45, 2.75) is 25.2 Å². The summed E-state index contributed by atoms with van der Waals surface area (Å²) in [5, 5.41) is 9.85. The molecule has 0 aromatic heterocycles. The first-order valence-electron chi connectivity index (χ1n) is 4.79. The molecule has 0 aliphatic heterocycles. The predicted octanol–water partition coefficient (Wildman–Crippen LogP) is 2.45. The van der Waals surface area contributed by atoms with Gasteiger partial charge in [-0.15, -0.1) is 0 Å². The molecule has 1 aliphatic carbocycles. The molecule has 0 radical (unpaired) electrons. The summed E-state index contributed by atoms with van der Waals surface area (Å²) in [5.74, 6) is 0.383. The Kier molecular flexibility index (Phi) is 2.32. The smallest absolute Gasteiger partial charge is 0.119 e. The van der Waals surface area contributed by atoms with Crippen molar-refractivity contribution in [2.24, 2.45) is 5.73 Å². The summed E-state index contributed by atoms with van der Waals surface area (Å²) >= 11 is 3.48. The fraction of sp³-hybridized carbons (Fsp3) is 0.455. The van der Waals surface area contributed by atoms with Gasteiger partial charge in [-0.25, -0.2) is 0 Å². The zero-order valence-electron chi connectivity index (χ0n) is 8.18. The Hall–Kier alpha value is -0.540. The van der Waals surface area contributed by atoms with Crippen LogP contribution < -0.4 is 5.73 Å². The number of aromatic hydroxyl groups is 1. The van der Waals surface area contributed by atoms with Gasteiger partial charge >= 0.3 is 0 Å². The van der Waals surface area contributed by atoms with Crippen LogP contribution in [0, 0.1) is 6.92 Å². The molecule has 0 heterocycles. The fourth-order valence-corrected chi connectivity index (χ4v) is 2.17. The summed E-state index contributed by atoms with van der Waals surface area (Å²) in [6, 6.07) is 3.81. The molecule has 1 aliphatic rings. The molecule has 0 atom stereocenters. The van der Waals surface area contributed by atoms with E-state index in [2.05, 4.69) is 15.9 Å². The van der Waals surface area contributed by atoms with Gasteiger partial charge in [0.15, 0.2) is 0 Å². The largest absolute Gasteiger partial charge is 0.508 e.